The summed E-state index contributed by atoms with van der Waals surface area (Å²) in [4.78, 5) is 0. The summed E-state index contributed by atoms with van der Waals surface area (Å²) in [6.07, 6.45) is -3.37. The maximum Gasteiger partial charge on any atom is 0.135 e. The molecule has 3 aliphatic heterocycles. The maximum atomic E-state index is 11.8. The molecule has 13 nitrogen and oxygen atoms in total. The van der Waals surface area contributed by atoms with Crippen molar-refractivity contribution in [2.75, 3.05) is 0 Å². The topological polar surface area (TPSA) is 230 Å². The molecule has 3 aliphatic rings. The predicted octanol–water partition coefficient (Wildman–Crippen LogP) is 10.7. The minimum Gasteiger partial charge on any atom is -0.508 e. The van der Waals surface area contributed by atoms with Crippen molar-refractivity contribution in [2.24, 2.45) is 0 Å². The van der Waals surface area contributed by atoms with Crippen LogP contribution in [0, 0.1) is 0 Å². The first-order valence-corrected chi connectivity index (χ1v) is 22.2. The van der Waals surface area contributed by atoms with Crippen LogP contribution in [0.3, 0.4) is 0 Å². The molecule has 0 aromatic heterocycles. The fourth-order valence-corrected chi connectivity index (χ4v) is 10.8. The molecule has 1 fully saturated rings. The molecule has 0 bridgehead atoms. The Hall–Kier alpha value is -8.68. The Morgan fingerprint density at radius 1 is 0.261 bits per heavy atom. The molecule has 11 rings (SSSR count). The van der Waals surface area contributed by atoms with E-state index in [1.54, 1.807) is 84.9 Å². The Morgan fingerprint density at radius 2 is 0.594 bits per heavy atom. The quantitative estimate of drug-likeness (QED) is 0.0685. The highest BCUT2D eigenvalue weighted by Crippen LogP contribution is 2.65. The largest absolute Gasteiger partial charge is 0.508 e. The summed E-state index contributed by atoms with van der Waals surface area (Å²) in [6.45, 7) is 0. The SMILES string of the molecule is Oc1ccc([C@H]2Oc3cc(O)cc([C@@H]4[C@@H](c5cc(O)cc(O)c5)[C@@H](c5ccc(O)cc5)O[C@@H]4c4ccc(O)cc4)c3[C@@H]2c2cc(O)cc3c2[C@@H](c2cc(O)cc(O)c2)[C@H](c2ccc(O)cc2)O3)cc1. The van der Waals surface area contributed by atoms with Gasteiger partial charge >= 0.3 is 0 Å². The maximum absolute atomic E-state index is 11.8. The van der Waals surface area contributed by atoms with Gasteiger partial charge < -0.3 is 65.3 Å². The van der Waals surface area contributed by atoms with Crippen LogP contribution in [0.1, 0.15) is 104 Å². The predicted molar refractivity (Wildman–Crippen MR) is 251 cm³/mol. The van der Waals surface area contributed by atoms with Gasteiger partial charge in [-0.25, -0.2) is 0 Å². The molecule has 13 heteroatoms. The second kappa shape index (κ2) is 16.6. The van der Waals surface area contributed by atoms with E-state index in [1.165, 1.54) is 72.8 Å². The number of phenols is 10. The van der Waals surface area contributed by atoms with Gasteiger partial charge in [0, 0.05) is 47.2 Å². The van der Waals surface area contributed by atoms with Gasteiger partial charge in [0.25, 0.3) is 0 Å². The number of ether oxygens (including phenoxy) is 3. The fourth-order valence-electron chi connectivity index (χ4n) is 10.8. The first-order valence-electron chi connectivity index (χ1n) is 22.2. The van der Waals surface area contributed by atoms with Crippen molar-refractivity contribution >= 4 is 0 Å². The van der Waals surface area contributed by atoms with Crippen LogP contribution in [0.15, 0.2) is 158 Å². The average Bonchev–Trinajstić information content (AvgIpc) is 4.01. The van der Waals surface area contributed by atoms with Gasteiger partial charge in [-0.3, -0.25) is 0 Å². The standard InChI is InChI=1S/C56H44O13/c57-33-9-1-27(2-10-33)53-47(31-17-37(61)21-38(62)18-31)49-43(23-41(65)25-45(49)67-53)52-50-44(24-42(66)26-46(50)68-55(52)29-5-13-35(59)14-6-29)51-48(32-19-39(63)22-40(64)20-32)54(28-3-11-34(58)12-4-28)69-56(51)30-7-15-36(60)16-8-30/h1-26,47-48,51-66H/t47-,48-,51-,52+,53+,54-,55-,56-/m1/s1. The van der Waals surface area contributed by atoms with Crippen molar-refractivity contribution in [3.63, 3.8) is 0 Å². The van der Waals surface area contributed by atoms with Crippen molar-refractivity contribution < 1.29 is 65.3 Å². The number of aromatic hydroxyl groups is 10. The molecule has 8 atom stereocenters. The van der Waals surface area contributed by atoms with Crippen molar-refractivity contribution in [3.05, 3.63) is 213 Å². The molecule has 0 spiro atoms. The normalized spacial score (nSPS) is 22.4. The van der Waals surface area contributed by atoms with Crippen LogP contribution < -0.4 is 9.47 Å². The number of hydrogen-bond acceptors (Lipinski definition) is 13. The van der Waals surface area contributed by atoms with E-state index in [4.69, 9.17) is 14.2 Å². The zero-order valence-corrected chi connectivity index (χ0v) is 36.3. The minimum absolute atomic E-state index is 0.00798. The van der Waals surface area contributed by atoms with E-state index in [1.807, 2.05) is 0 Å². The lowest BCUT2D eigenvalue weighted by molar-refractivity contribution is 0.0366. The van der Waals surface area contributed by atoms with E-state index in [-0.39, 0.29) is 63.2 Å². The van der Waals surface area contributed by atoms with Gasteiger partial charge in [-0.05, 0) is 129 Å². The fraction of sp³-hybridized carbons (Fsp3) is 0.143. The molecule has 0 saturated carbocycles. The van der Waals surface area contributed by atoms with Crippen LogP contribution in [-0.2, 0) is 4.74 Å². The third kappa shape index (κ3) is 7.68. The van der Waals surface area contributed by atoms with Crippen molar-refractivity contribution in [1.29, 1.82) is 0 Å². The molecule has 10 N–H and O–H groups in total. The molecule has 0 aliphatic carbocycles. The van der Waals surface area contributed by atoms with E-state index < -0.39 is 48.1 Å². The number of hydrogen-bond donors (Lipinski definition) is 10. The summed E-state index contributed by atoms with van der Waals surface area (Å²) < 4.78 is 20.9. The van der Waals surface area contributed by atoms with E-state index in [2.05, 4.69) is 0 Å². The van der Waals surface area contributed by atoms with Crippen molar-refractivity contribution in [2.45, 2.75) is 48.1 Å². The summed E-state index contributed by atoms with van der Waals surface area (Å²) in [5.74, 6) is -3.64. The van der Waals surface area contributed by atoms with Gasteiger partial charge in [0.15, 0.2) is 0 Å². The van der Waals surface area contributed by atoms with Gasteiger partial charge in [-0.2, -0.15) is 0 Å². The third-order valence-electron chi connectivity index (χ3n) is 13.6. The summed E-state index contributed by atoms with van der Waals surface area (Å²) in [6, 6.07) is 40.9. The van der Waals surface area contributed by atoms with Gasteiger partial charge in [0.1, 0.15) is 81.2 Å². The first kappa shape index (κ1) is 42.9. The van der Waals surface area contributed by atoms with E-state index in [0.29, 0.717) is 61.4 Å². The lowest BCUT2D eigenvalue weighted by atomic mass is 9.70. The molecule has 0 unspecified atom stereocenters. The van der Waals surface area contributed by atoms with Crippen LogP contribution in [-0.4, -0.2) is 51.1 Å². The lowest BCUT2D eigenvalue weighted by Crippen LogP contribution is -2.19. The van der Waals surface area contributed by atoms with Crippen molar-refractivity contribution in [1.82, 2.24) is 0 Å². The van der Waals surface area contributed by atoms with Crippen LogP contribution in [0.25, 0.3) is 0 Å². The number of fused-ring (bicyclic) bond motifs is 2. The third-order valence-corrected chi connectivity index (χ3v) is 13.6. The van der Waals surface area contributed by atoms with Gasteiger partial charge in [0.2, 0.25) is 0 Å². The monoisotopic (exact) mass is 924 g/mol. The molecule has 346 valence electrons. The second-order valence-electron chi connectivity index (χ2n) is 17.9. The van der Waals surface area contributed by atoms with Crippen LogP contribution >= 0.6 is 0 Å². The molecule has 0 amide bonds. The highest BCUT2D eigenvalue weighted by atomic mass is 16.5. The van der Waals surface area contributed by atoms with Crippen LogP contribution in [0.2, 0.25) is 0 Å². The molecule has 1 saturated heterocycles. The molecule has 3 heterocycles. The number of phenolic OH excluding ortho intramolecular Hbond substituents is 10. The first-order chi connectivity index (χ1) is 33.3. The minimum atomic E-state index is -0.899. The highest BCUT2D eigenvalue weighted by Gasteiger charge is 2.52. The van der Waals surface area contributed by atoms with Gasteiger partial charge in [0.05, 0.1) is 24.0 Å². The van der Waals surface area contributed by atoms with Gasteiger partial charge in [-0.1, -0.05) is 48.5 Å². The smallest absolute Gasteiger partial charge is 0.135 e. The van der Waals surface area contributed by atoms with Crippen molar-refractivity contribution in [3.8, 4) is 69.0 Å². The molecule has 69 heavy (non-hydrogen) atoms. The molecular formula is C56H44O13. The molecule has 0 radical (unpaired) electrons. The zero-order valence-electron chi connectivity index (χ0n) is 36.3. The van der Waals surface area contributed by atoms with E-state index in [0.717, 1.165) is 0 Å². The Labute approximate surface area is 394 Å². The number of benzene rings is 8. The highest BCUT2D eigenvalue weighted by molar-refractivity contribution is 5.65. The van der Waals surface area contributed by atoms with Crippen LogP contribution in [0.4, 0.5) is 0 Å². The summed E-state index contributed by atoms with van der Waals surface area (Å²) in [5, 5.41) is 109. The Kier molecular flexibility index (Phi) is 10.3. The Bertz CT molecular complexity index is 3200. The lowest BCUT2D eigenvalue weighted by Gasteiger charge is -2.30. The number of rotatable bonds is 8. The Balaban J connectivity index is 1.20. The Morgan fingerprint density at radius 3 is 1.03 bits per heavy atom. The summed E-state index contributed by atoms with van der Waals surface area (Å²) in [5.41, 5.74) is 5.70. The molecule has 8 aromatic rings. The summed E-state index contributed by atoms with van der Waals surface area (Å²) >= 11 is 0. The zero-order chi connectivity index (χ0) is 47.8. The second-order valence-corrected chi connectivity index (χ2v) is 17.9. The average molecular weight is 925 g/mol. The van der Waals surface area contributed by atoms with E-state index in [9.17, 15) is 51.1 Å². The van der Waals surface area contributed by atoms with E-state index >= 15 is 0 Å². The molecule has 8 aromatic carbocycles. The van der Waals surface area contributed by atoms with Gasteiger partial charge in [-0.15, -0.1) is 0 Å². The molecular weight excluding hydrogens is 881 g/mol. The van der Waals surface area contributed by atoms with Crippen LogP contribution in [0.5, 0.6) is 69.0 Å². The summed E-state index contributed by atoms with van der Waals surface area (Å²) in [7, 11) is 0.